The molecule has 0 atom stereocenters. The van der Waals surface area contributed by atoms with Gasteiger partial charge in [-0.15, -0.1) is 5.75 Å². The Balaban J connectivity index is 0.00000128. The van der Waals surface area contributed by atoms with Gasteiger partial charge in [0.15, 0.2) is 0 Å². The SMILES string of the molecule is O=S(=O)([O-])c1cccc2c([O-])cccc12.[Na+].[Na+]. The van der Waals surface area contributed by atoms with Crippen LogP contribution in [-0.2, 0) is 10.1 Å². The van der Waals surface area contributed by atoms with Crippen molar-refractivity contribution in [3.63, 3.8) is 0 Å². The minimum absolute atomic E-state index is 0. The van der Waals surface area contributed by atoms with E-state index in [9.17, 15) is 18.1 Å². The van der Waals surface area contributed by atoms with E-state index in [1.165, 1.54) is 36.4 Å². The number of rotatable bonds is 1. The smallest absolute Gasteiger partial charge is 0.872 e. The summed E-state index contributed by atoms with van der Waals surface area (Å²) in [7, 11) is -4.54. The van der Waals surface area contributed by atoms with Crippen molar-refractivity contribution in [2.24, 2.45) is 0 Å². The zero-order valence-corrected chi connectivity index (χ0v) is 14.3. The summed E-state index contributed by atoms with van der Waals surface area (Å²) >= 11 is 0. The molecule has 0 heterocycles. The van der Waals surface area contributed by atoms with Gasteiger partial charge in [-0.2, -0.15) is 0 Å². The van der Waals surface area contributed by atoms with Crippen molar-refractivity contribution in [1.82, 2.24) is 0 Å². The topological polar surface area (TPSA) is 80.3 Å². The summed E-state index contributed by atoms with van der Waals surface area (Å²) in [4.78, 5) is -0.349. The first kappa shape index (κ1) is 17.4. The molecule has 0 unspecified atom stereocenters. The molecule has 17 heavy (non-hydrogen) atoms. The summed E-state index contributed by atoms with van der Waals surface area (Å²) in [5, 5.41) is 11.8. The molecule has 0 aliphatic carbocycles. The number of benzene rings is 2. The van der Waals surface area contributed by atoms with E-state index in [1.54, 1.807) is 0 Å². The molecule has 2 aromatic carbocycles. The monoisotopic (exact) mass is 268 g/mol. The van der Waals surface area contributed by atoms with Crippen LogP contribution in [0.25, 0.3) is 10.8 Å². The molecule has 0 N–H and O–H groups in total. The summed E-state index contributed by atoms with van der Waals surface area (Å²) < 4.78 is 32.7. The van der Waals surface area contributed by atoms with E-state index in [-0.39, 0.29) is 80.5 Å². The van der Waals surface area contributed by atoms with Gasteiger partial charge in [-0.3, -0.25) is 0 Å². The van der Waals surface area contributed by atoms with Crippen molar-refractivity contribution in [2.45, 2.75) is 4.90 Å². The van der Waals surface area contributed by atoms with Crippen LogP contribution >= 0.6 is 0 Å². The average Bonchev–Trinajstić information content (AvgIpc) is 2.16. The molecule has 0 bridgehead atoms. The van der Waals surface area contributed by atoms with E-state index in [0.717, 1.165) is 0 Å². The van der Waals surface area contributed by atoms with Crippen molar-refractivity contribution in [3.8, 4) is 5.75 Å². The van der Waals surface area contributed by atoms with Crippen LogP contribution in [-0.4, -0.2) is 13.0 Å². The second kappa shape index (κ2) is 6.54. The molecule has 0 saturated carbocycles. The molecule has 0 aliphatic heterocycles. The van der Waals surface area contributed by atoms with Crippen LogP contribution in [0.15, 0.2) is 41.3 Å². The Morgan fingerprint density at radius 3 is 2.00 bits per heavy atom. The number of hydrogen-bond donors (Lipinski definition) is 0. The van der Waals surface area contributed by atoms with Gasteiger partial charge in [0.25, 0.3) is 0 Å². The van der Waals surface area contributed by atoms with Gasteiger partial charge < -0.3 is 9.66 Å². The fourth-order valence-corrected chi connectivity index (χ4v) is 2.16. The molecule has 2 rings (SSSR count). The van der Waals surface area contributed by atoms with Gasteiger partial charge in [0.1, 0.15) is 10.1 Å². The first-order chi connectivity index (χ1) is 7.00. The largest absolute Gasteiger partial charge is 1.00 e. The molecule has 0 aliphatic rings. The Labute approximate surface area is 143 Å². The van der Waals surface area contributed by atoms with E-state index in [4.69, 9.17) is 0 Å². The summed E-state index contributed by atoms with van der Waals surface area (Å²) in [6.45, 7) is 0. The zero-order chi connectivity index (χ0) is 11.1. The fraction of sp³-hybridized carbons (Fsp3) is 0. The van der Waals surface area contributed by atoms with Crippen LogP contribution in [0, 0.1) is 0 Å². The Morgan fingerprint density at radius 1 is 0.882 bits per heavy atom. The number of fused-ring (bicyclic) bond motifs is 1. The molecule has 4 nitrogen and oxygen atoms in total. The van der Waals surface area contributed by atoms with E-state index < -0.39 is 10.1 Å². The summed E-state index contributed by atoms with van der Waals surface area (Å²) in [5.41, 5.74) is 0. The Morgan fingerprint density at radius 2 is 1.41 bits per heavy atom. The third-order valence-electron chi connectivity index (χ3n) is 2.11. The molecular weight excluding hydrogens is 262 g/mol. The Bertz CT molecular complexity index is 625. The average molecular weight is 268 g/mol. The van der Waals surface area contributed by atoms with Crippen molar-refractivity contribution in [2.75, 3.05) is 0 Å². The molecule has 7 heteroatoms. The maximum atomic E-state index is 11.4. The van der Waals surface area contributed by atoms with E-state index >= 15 is 0 Å². The Kier molecular flexibility index (Phi) is 6.70. The van der Waals surface area contributed by atoms with Gasteiger partial charge in [0.2, 0.25) is 0 Å². The molecule has 0 fully saturated rings. The third-order valence-corrected chi connectivity index (χ3v) is 3.01. The summed E-state index contributed by atoms with van der Waals surface area (Å²) in [6.07, 6.45) is 0. The second-order valence-electron chi connectivity index (χ2n) is 3.06. The van der Waals surface area contributed by atoms with Crippen molar-refractivity contribution < 1.29 is 77.2 Å². The van der Waals surface area contributed by atoms with Crippen LogP contribution in [0.3, 0.4) is 0 Å². The maximum Gasteiger partial charge on any atom is 1.00 e. The molecule has 0 aromatic heterocycles. The molecule has 78 valence electrons. The summed E-state index contributed by atoms with van der Waals surface area (Å²) in [5.74, 6) is -0.294. The van der Waals surface area contributed by atoms with Crippen LogP contribution < -0.4 is 64.2 Å². The van der Waals surface area contributed by atoms with E-state index in [1.807, 2.05) is 0 Å². The van der Waals surface area contributed by atoms with Gasteiger partial charge in [0.05, 0.1) is 4.90 Å². The molecular formula is C10H6Na2O4S. The summed E-state index contributed by atoms with van der Waals surface area (Å²) in [6, 6.07) is 8.27. The van der Waals surface area contributed by atoms with Gasteiger partial charge in [0, 0.05) is 0 Å². The van der Waals surface area contributed by atoms with Crippen molar-refractivity contribution in [3.05, 3.63) is 36.4 Å². The van der Waals surface area contributed by atoms with Crippen LogP contribution in [0.1, 0.15) is 0 Å². The van der Waals surface area contributed by atoms with Gasteiger partial charge in [-0.05, 0) is 16.8 Å². The molecule has 2 aromatic rings. The van der Waals surface area contributed by atoms with E-state index in [2.05, 4.69) is 0 Å². The van der Waals surface area contributed by atoms with Crippen LogP contribution in [0.4, 0.5) is 0 Å². The second-order valence-corrected chi connectivity index (χ2v) is 4.41. The fourth-order valence-electron chi connectivity index (χ4n) is 1.47. The molecule has 0 saturated heterocycles. The standard InChI is InChI=1S/C10H8O4S.2Na/c11-9-5-1-4-8-7(9)3-2-6-10(8)15(12,13)14;;/h1-6,11H,(H,12,13,14);;/q;2*+1/p-2. The Hall–Kier alpha value is 0.410. The van der Waals surface area contributed by atoms with E-state index in [0.29, 0.717) is 0 Å². The first-order valence-corrected chi connectivity index (χ1v) is 5.55. The van der Waals surface area contributed by atoms with Crippen LogP contribution in [0.5, 0.6) is 5.75 Å². The minimum Gasteiger partial charge on any atom is -0.872 e. The predicted octanol–water partition coefficient (Wildman–Crippen LogP) is -5.17. The van der Waals surface area contributed by atoms with Crippen LogP contribution in [0.2, 0.25) is 0 Å². The number of hydrogen-bond acceptors (Lipinski definition) is 4. The first-order valence-electron chi connectivity index (χ1n) is 4.15. The third kappa shape index (κ3) is 3.68. The van der Waals surface area contributed by atoms with Gasteiger partial charge >= 0.3 is 59.1 Å². The zero-order valence-electron chi connectivity index (χ0n) is 9.51. The maximum absolute atomic E-state index is 11.4. The molecule has 0 radical (unpaired) electrons. The van der Waals surface area contributed by atoms with Crippen molar-refractivity contribution >= 4 is 20.9 Å². The molecule has 0 spiro atoms. The normalized spacial score (nSPS) is 10.4. The quantitative estimate of drug-likeness (QED) is 0.382. The van der Waals surface area contributed by atoms with Crippen molar-refractivity contribution in [1.29, 1.82) is 0 Å². The predicted molar refractivity (Wildman–Crippen MR) is 51.4 cm³/mol. The minimum atomic E-state index is -4.54. The molecule has 0 amide bonds. The van der Waals surface area contributed by atoms with Gasteiger partial charge in [-0.1, -0.05) is 30.3 Å². The van der Waals surface area contributed by atoms with Gasteiger partial charge in [-0.25, -0.2) is 8.42 Å².